The van der Waals surface area contributed by atoms with Gasteiger partial charge in [-0.2, -0.15) is 5.26 Å². The van der Waals surface area contributed by atoms with E-state index in [1.165, 1.54) is 0 Å². The standard InChI is InChI=1S/C16H27N3O3/c1-5-19(14(21)22-15(2,3)4)11-10-18-13(20)16(12-17)8-6-7-9-16/h5-11H2,1-4H3,(H,18,20). The highest BCUT2D eigenvalue weighted by Gasteiger charge is 2.41. The minimum Gasteiger partial charge on any atom is -0.444 e. The third-order valence-electron chi connectivity index (χ3n) is 3.81. The number of nitrogens with one attached hydrogen (secondary N) is 1. The van der Waals surface area contributed by atoms with Crippen molar-refractivity contribution in [2.24, 2.45) is 5.41 Å². The number of ether oxygens (including phenoxy) is 1. The van der Waals surface area contributed by atoms with E-state index in [0.717, 1.165) is 12.8 Å². The molecule has 0 unspecified atom stereocenters. The van der Waals surface area contributed by atoms with Crippen molar-refractivity contribution in [3.8, 4) is 6.07 Å². The summed E-state index contributed by atoms with van der Waals surface area (Å²) < 4.78 is 5.31. The van der Waals surface area contributed by atoms with Gasteiger partial charge in [0.1, 0.15) is 11.0 Å². The molecule has 0 spiro atoms. The van der Waals surface area contributed by atoms with Crippen LogP contribution < -0.4 is 5.32 Å². The molecule has 1 saturated carbocycles. The average molecular weight is 309 g/mol. The predicted molar refractivity (Wildman–Crippen MR) is 83.0 cm³/mol. The Hall–Kier alpha value is -1.77. The summed E-state index contributed by atoms with van der Waals surface area (Å²) in [6.45, 7) is 8.52. The van der Waals surface area contributed by atoms with Crippen molar-refractivity contribution in [1.29, 1.82) is 5.26 Å². The first kappa shape index (κ1) is 18.3. The zero-order valence-electron chi connectivity index (χ0n) is 14.1. The molecule has 6 heteroatoms. The summed E-state index contributed by atoms with van der Waals surface area (Å²) in [6.07, 6.45) is 2.69. The molecule has 124 valence electrons. The van der Waals surface area contributed by atoms with Gasteiger partial charge in [-0.15, -0.1) is 0 Å². The zero-order valence-corrected chi connectivity index (χ0v) is 14.1. The molecule has 0 heterocycles. The van der Waals surface area contributed by atoms with Gasteiger partial charge in [0.2, 0.25) is 5.91 Å². The van der Waals surface area contributed by atoms with Gasteiger partial charge in [-0.25, -0.2) is 4.79 Å². The van der Waals surface area contributed by atoms with Crippen LogP contribution in [0, 0.1) is 16.7 Å². The molecule has 0 aromatic rings. The minimum atomic E-state index is -0.872. The Morgan fingerprint density at radius 3 is 2.36 bits per heavy atom. The Morgan fingerprint density at radius 1 is 1.32 bits per heavy atom. The smallest absolute Gasteiger partial charge is 0.410 e. The Labute approximate surface area is 132 Å². The van der Waals surface area contributed by atoms with Crippen LogP contribution in [0.5, 0.6) is 0 Å². The molecule has 6 nitrogen and oxygen atoms in total. The quantitative estimate of drug-likeness (QED) is 0.845. The third-order valence-corrected chi connectivity index (χ3v) is 3.81. The summed E-state index contributed by atoms with van der Waals surface area (Å²) in [6, 6.07) is 2.17. The van der Waals surface area contributed by atoms with Crippen LogP contribution in [0.2, 0.25) is 0 Å². The van der Waals surface area contributed by atoms with Crippen molar-refractivity contribution in [3.63, 3.8) is 0 Å². The van der Waals surface area contributed by atoms with Gasteiger partial charge in [0.15, 0.2) is 0 Å². The summed E-state index contributed by atoms with van der Waals surface area (Å²) in [4.78, 5) is 25.7. The first-order valence-electron chi connectivity index (χ1n) is 7.91. The van der Waals surface area contributed by atoms with Crippen molar-refractivity contribution in [2.45, 2.75) is 59.0 Å². The fourth-order valence-electron chi connectivity index (χ4n) is 2.55. The van der Waals surface area contributed by atoms with Gasteiger partial charge in [0.05, 0.1) is 6.07 Å². The van der Waals surface area contributed by atoms with Crippen LogP contribution in [-0.2, 0) is 9.53 Å². The van der Waals surface area contributed by atoms with Crippen molar-refractivity contribution in [3.05, 3.63) is 0 Å². The normalized spacial score (nSPS) is 16.7. The van der Waals surface area contributed by atoms with Crippen LogP contribution in [0.1, 0.15) is 53.4 Å². The summed E-state index contributed by atoms with van der Waals surface area (Å²) in [5.74, 6) is -0.215. The van der Waals surface area contributed by atoms with Gasteiger partial charge in [-0.05, 0) is 40.5 Å². The molecule has 0 bridgehead atoms. The lowest BCUT2D eigenvalue weighted by atomic mass is 9.87. The Morgan fingerprint density at radius 2 is 1.91 bits per heavy atom. The fraction of sp³-hybridized carbons (Fsp3) is 0.812. The molecule has 0 atom stereocenters. The molecule has 0 aromatic carbocycles. The monoisotopic (exact) mass is 309 g/mol. The zero-order chi connectivity index (χ0) is 16.8. The summed E-state index contributed by atoms with van der Waals surface area (Å²) >= 11 is 0. The number of likely N-dealkylation sites (N-methyl/N-ethyl adjacent to an activating group) is 1. The molecule has 1 rings (SSSR count). The number of rotatable bonds is 5. The second kappa shape index (κ2) is 7.48. The van der Waals surface area contributed by atoms with Gasteiger partial charge < -0.3 is 15.0 Å². The van der Waals surface area contributed by atoms with Gasteiger partial charge in [-0.3, -0.25) is 4.79 Å². The van der Waals surface area contributed by atoms with E-state index in [4.69, 9.17) is 4.74 Å². The van der Waals surface area contributed by atoms with Crippen LogP contribution in [0.3, 0.4) is 0 Å². The fourth-order valence-corrected chi connectivity index (χ4v) is 2.55. The number of hydrogen-bond donors (Lipinski definition) is 1. The molecule has 22 heavy (non-hydrogen) atoms. The molecule has 2 amide bonds. The Kier molecular flexibility index (Phi) is 6.21. The number of carbonyl (C=O) groups is 2. The van der Waals surface area contributed by atoms with E-state index in [9.17, 15) is 14.9 Å². The van der Waals surface area contributed by atoms with E-state index in [0.29, 0.717) is 32.5 Å². The molecule has 0 aliphatic heterocycles. The van der Waals surface area contributed by atoms with E-state index in [1.807, 2.05) is 27.7 Å². The van der Waals surface area contributed by atoms with Gasteiger partial charge in [0.25, 0.3) is 0 Å². The SMILES string of the molecule is CCN(CCNC(=O)C1(C#N)CCCC1)C(=O)OC(C)(C)C. The van der Waals surface area contributed by atoms with Crippen LogP contribution in [0.4, 0.5) is 4.79 Å². The number of amides is 2. The van der Waals surface area contributed by atoms with E-state index in [2.05, 4.69) is 11.4 Å². The lowest BCUT2D eigenvalue weighted by molar-refractivity contribution is -0.128. The molecule has 1 fully saturated rings. The van der Waals surface area contributed by atoms with Gasteiger partial charge in [-0.1, -0.05) is 12.8 Å². The molecule has 0 radical (unpaired) electrons. The van der Waals surface area contributed by atoms with Crippen LogP contribution in [-0.4, -0.2) is 42.1 Å². The average Bonchev–Trinajstić information content (AvgIpc) is 2.91. The van der Waals surface area contributed by atoms with Crippen LogP contribution >= 0.6 is 0 Å². The summed E-state index contributed by atoms with van der Waals surface area (Å²) in [5, 5.41) is 12.1. The molecule has 1 N–H and O–H groups in total. The van der Waals surface area contributed by atoms with Gasteiger partial charge >= 0.3 is 6.09 Å². The van der Waals surface area contributed by atoms with E-state index in [1.54, 1.807) is 4.90 Å². The Balaban J connectivity index is 2.46. The first-order valence-corrected chi connectivity index (χ1v) is 7.91. The number of nitriles is 1. The van der Waals surface area contributed by atoms with Crippen molar-refractivity contribution < 1.29 is 14.3 Å². The second-order valence-electron chi connectivity index (χ2n) is 6.72. The molecule has 0 aromatic heterocycles. The second-order valence-corrected chi connectivity index (χ2v) is 6.72. The third kappa shape index (κ3) is 4.90. The summed E-state index contributed by atoms with van der Waals surface area (Å²) in [5.41, 5.74) is -1.41. The van der Waals surface area contributed by atoms with E-state index in [-0.39, 0.29) is 12.0 Å². The Bertz CT molecular complexity index is 443. The van der Waals surface area contributed by atoms with E-state index >= 15 is 0 Å². The molecule has 1 aliphatic rings. The summed E-state index contributed by atoms with van der Waals surface area (Å²) in [7, 11) is 0. The van der Waals surface area contributed by atoms with Crippen molar-refractivity contribution >= 4 is 12.0 Å². The lowest BCUT2D eigenvalue weighted by Crippen LogP contribution is -2.44. The number of nitrogens with zero attached hydrogens (tertiary/aromatic N) is 2. The number of carbonyl (C=O) groups excluding carboxylic acids is 2. The number of hydrogen-bond acceptors (Lipinski definition) is 4. The van der Waals surface area contributed by atoms with Crippen molar-refractivity contribution in [2.75, 3.05) is 19.6 Å². The highest BCUT2D eigenvalue weighted by molar-refractivity contribution is 5.85. The minimum absolute atomic E-state index is 0.215. The molecular formula is C16H27N3O3. The maximum Gasteiger partial charge on any atom is 0.410 e. The largest absolute Gasteiger partial charge is 0.444 e. The predicted octanol–water partition coefficient (Wildman–Crippen LogP) is 2.44. The lowest BCUT2D eigenvalue weighted by Gasteiger charge is -2.27. The topological polar surface area (TPSA) is 82.4 Å². The maximum atomic E-state index is 12.2. The first-order chi connectivity index (χ1) is 10.2. The maximum absolute atomic E-state index is 12.2. The van der Waals surface area contributed by atoms with Gasteiger partial charge in [0, 0.05) is 19.6 Å². The molecule has 1 aliphatic carbocycles. The molecule has 0 saturated heterocycles. The highest BCUT2D eigenvalue weighted by atomic mass is 16.6. The van der Waals surface area contributed by atoms with Crippen LogP contribution in [0.25, 0.3) is 0 Å². The highest BCUT2D eigenvalue weighted by Crippen LogP contribution is 2.37. The molecular weight excluding hydrogens is 282 g/mol. The van der Waals surface area contributed by atoms with Crippen molar-refractivity contribution in [1.82, 2.24) is 10.2 Å². The van der Waals surface area contributed by atoms with E-state index < -0.39 is 11.0 Å². The van der Waals surface area contributed by atoms with Crippen LogP contribution in [0.15, 0.2) is 0 Å².